The molecule has 2 fully saturated rings. The number of alkyl halides is 1. The highest BCUT2D eigenvalue weighted by Gasteiger charge is 2.38. The summed E-state index contributed by atoms with van der Waals surface area (Å²) in [6, 6.07) is 0. The average Bonchev–Trinajstić information content (AvgIpc) is 2.42. The second kappa shape index (κ2) is 8.24. The Balaban J connectivity index is 1.65. The van der Waals surface area contributed by atoms with Gasteiger partial charge in [-0.3, -0.25) is 0 Å². The van der Waals surface area contributed by atoms with Gasteiger partial charge in [0, 0.05) is 6.61 Å². The van der Waals surface area contributed by atoms with E-state index < -0.39 is 6.17 Å². The highest BCUT2D eigenvalue weighted by atomic mass is 19.1. The zero-order valence-electron chi connectivity index (χ0n) is 12.6. The van der Waals surface area contributed by atoms with Crippen molar-refractivity contribution in [2.45, 2.75) is 89.8 Å². The molecule has 0 bridgehead atoms. The lowest BCUT2D eigenvalue weighted by Gasteiger charge is -2.42. The first-order valence-corrected chi connectivity index (χ1v) is 8.57. The van der Waals surface area contributed by atoms with Gasteiger partial charge in [-0.05, 0) is 43.9 Å². The Morgan fingerprint density at radius 2 is 1.79 bits per heavy atom. The van der Waals surface area contributed by atoms with Crippen molar-refractivity contribution in [3.8, 4) is 0 Å². The molecule has 0 aromatic rings. The molecular weight excluding hydrogens is 239 g/mol. The molecule has 0 aromatic heterocycles. The highest BCUT2D eigenvalue weighted by Crippen LogP contribution is 2.41. The fourth-order valence-corrected chi connectivity index (χ4v) is 3.97. The van der Waals surface area contributed by atoms with Crippen LogP contribution >= 0.6 is 0 Å². The van der Waals surface area contributed by atoms with Gasteiger partial charge in [-0.1, -0.05) is 45.4 Å². The van der Waals surface area contributed by atoms with Crippen LogP contribution in [0.4, 0.5) is 4.39 Å². The molecule has 1 heterocycles. The molecule has 1 aliphatic heterocycles. The molecule has 2 rings (SSSR count). The fraction of sp³-hybridized carbons (Fsp3) is 1.00. The average molecular weight is 270 g/mol. The van der Waals surface area contributed by atoms with Crippen LogP contribution in [0.2, 0.25) is 0 Å². The number of rotatable bonds is 7. The van der Waals surface area contributed by atoms with Crippen LogP contribution in [0.15, 0.2) is 0 Å². The molecule has 2 heteroatoms. The first-order valence-electron chi connectivity index (χ1n) is 8.57. The molecule has 0 N–H and O–H groups in total. The lowest BCUT2D eigenvalue weighted by Crippen LogP contribution is -2.40. The van der Waals surface area contributed by atoms with Gasteiger partial charge >= 0.3 is 0 Å². The lowest BCUT2D eigenvalue weighted by molar-refractivity contribution is -0.0846. The minimum Gasteiger partial charge on any atom is -0.378 e. The van der Waals surface area contributed by atoms with Crippen molar-refractivity contribution in [3.05, 3.63) is 0 Å². The maximum absolute atomic E-state index is 13.5. The summed E-state index contributed by atoms with van der Waals surface area (Å²) < 4.78 is 19.5. The normalized spacial score (nSPS) is 35.1. The molecular formula is C17H31FO. The maximum Gasteiger partial charge on any atom is 0.100 e. The minimum atomic E-state index is -0.533. The van der Waals surface area contributed by atoms with Gasteiger partial charge in [0.05, 0.1) is 6.10 Å². The Kier molecular flexibility index (Phi) is 6.63. The summed E-state index contributed by atoms with van der Waals surface area (Å²) in [4.78, 5) is 0. The van der Waals surface area contributed by atoms with Gasteiger partial charge in [0.25, 0.3) is 0 Å². The van der Waals surface area contributed by atoms with E-state index in [9.17, 15) is 4.39 Å². The summed E-state index contributed by atoms with van der Waals surface area (Å²) >= 11 is 0. The molecule has 0 aromatic carbocycles. The van der Waals surface area contributed by atoms with Crippen LogP contribution < -0.4 is 0 Å². The van der Waals surface area contributed by atoms with Crippen LogP contribution in [0.1, 0.15) is 77.6 Å². The molecule has 19 heavy (non-hydrogen) atoms. The van der Waals surface area contributed by atoms with Gasteiger partial charge in [-0.25, -0.2) is 4.39 Å². The summed E-state index contributed by atoms with van der Waals surface area (Å²) in [5.74, 6) is 1.28. The largest absolute Gasteiger partial charge is 0.378 e. The van der Waals surface area contributed by atoms with Crippen molar-refractivity contribution in [1.82, 2.24) is 0 Å². The van der Waals surface area contributed by atoms with Crippen LogP contribution in [0.25, 0.3) is 0 Å². The fourth-order valence-electron chi connectivity index (χ4n) is 3.97. The first-order chi connectivity index (χ1) is 9.31. The summed E-state index contributed by atoms with van der Waals surface area (Å²) in [6.45, 7) is 3.13. The van der Waals surface area contributed by atoms with Crippen molar-refractivity contribution in [2.75, 3.05) is 6.61 Å². The van der Waals surface area contributed by atoms with Gasteiger partial charge in [-0.2, -0.15) is 0 Å². The van der Waals surface area contributed by atoms with E-state index in [-0.39, 0.29) is 0 Å². The first kappa shape index (κ1) is 15.3. The van der Waals surface area contributed by atoms with Crippen LogP contribution in [0, 0.1) is 11.8 Å². The summed E-state index contributed by atoms with van der Waals surface area (Å²) in [6.07, 6.45) is 13.0. The van der Waals surface area contributed by atoms with E-state index in [1.165, 1.54) is 44.9 Å². The standard InChI is InChI=1S/C17H31FO/c1-2-3-4-5-6-7-8-17-16-10-9-15(18)13-14(16)11-12-19-17/h14-17H,2-13H2,1H3. The topological polar surface area (TPSA) is 9.23 Å². The Morgan fingerprint density at radius 1 is 1.00 bits per heavy atom. The van der Waals surface area contributed by atoms with E-state index in [4.69, 9.17) is 4.74 Å². The van der Waals surface area contributed by atoms with Crippen molar-refractivity contribution in [2.24, 2.45) is 11.8 Å². The molecule has 1 saturated heterocycles. The van der Waals surface area contributed by atoms with E-state index in [0.717, 1.165) is 32.3 Å². The highest BCUT2D eigenvalue weighted by molar-refractivity contribution is 4.87. The summed E-state index contributed by atoms with van der Waals surface area (Å²) in [5, 5.41) is 0. The molecule has 0 radical (unpaired) electrons. The van der Waals surface area contributed by atoms with Crippen molar-refractivity contribution >= 4 is 0 Å². The van der Waals surface area contributed by atoms with E-state index in [2.05, 4.69) is 6.92 Å². The van der Waals surface area contributed by atoms with Crippen LogP contribution in [-0.4, -0.2) is 18.9 Å². The molecule has 1 nitrogen and oxygen atoms in total. The van der Waals surface area contributed by atoms with Crippen LogP contribution in [0.3, 0.4) is 0 Å². The summed E-state index contributed by atoms with van der Waals surface area (Å²) in [5.41, 5.74) is 0. The Morgan fingerprint density at radius 3 is 2.63 bits per heavy atom. The monoisotopic (exact) mass is 270 g/mol. The Labute approximate surface area is 118 Å². The second-order valence-electron chi connectivity index (χ2n) is 6.59. The molecule has 0 amide bonds. The predicted molar refractivity (Wildman–Crippen MR) is 78.1 cm³/mol. The number of hydrogen-bond donors (Lipinski definition) is 0. The van der Waals surface area contributed by atoms with Crippen LogP contribution in [-0.2, 0) is 4.74 Å². The third-order valence-electron chi connectivity index (χ3n) is 5.12. The molecule has 2 aliphatic rings. The van der Waals surface area contributed by atoms with Gasteiger partial charge in [-0.15, -0.1) is 0 Å². The second-order valence-corrected chi connectivity index (χ2v) is 6.59. The number of hydrogen-bond acceptors (Lipinski definition) is 1. The van der Waals surface area contributed by atoms with Gasteiger partial charge in [0.15, 0.2) is 0 Å². The SMILES string of the molecule is CCCCCCCCC1OCCC2CC(F)CCC21. The van der Waals surface area contributed by atoms with Crippen LogP contribution in [0.5, 0.6) is 0 Å². The molecule has 4 unspecified atom stereocenters. The Bertz CT molecular complexity index is 243. The molecule has 112 valence electrons. The number of halogens is 1. The third-order valence-corrected chi connectivity index (χ3v) is 5.12. The smallest absolute Gasteiger partial charge is 0.100 e. The minimum absolute atomic E-state index is 0.442. The quantitative estimate of drug-likeness (QED) is 0.572. The van der Waals surface area contributed by atoms with E-state index >= 15 is 0 Å². The van der Waals surface area contributed by atoms with Gasteiger partial charge < -0.3 is 4.74 Å². The Hall–Kier alpha value is -0.110. The van der Waals surface area contributed by atoms with Gasteiger partial charge in [0.2, 0.25) is 0 Å². The third kappa shape index (κ3) is 4.73. The van der Waals surface area contributed by atoms with Crippen molar-refractivity contribution in [3.63, 3.8) is 0 Å². The number of fused-ring (bicyclic) bond motifs is 1. The lowest BCUT2D eigenvalue weighted by atomic mass is 9.72. The van der Waals surface area contributed by atoms with E-state index in [1.54, 1.807) is 0 Å². The van der Waals surface area contributed by atoms with E-state index in [1.807, 2.05) is 0 Å². The van der Waals surface area contributed by atoms with Crippen molar-refractivity contribution < 1.29 is 9.13 Å². The van der Waals surface area contributed by atoms with E-state index in [0.29, 0.717) is 17.9 Å². The summed E-state index contributed by atoms with van der Waals surface area (Å²) in [7, 11) is 0. The number of unbranched alkanes of at least 4 members (excludes halogenated alkanes) is 5. The molecule has 1 aliphatic carbocycles. The molecule has 1 saturated carbocycles. The maximum atomic E-state index is 13.5. The molecule has 0 spiro atoms. The zero-order chi connectivity index (χ0) is 13.5. The van der Waals surface area contributed by atoms with Crippen molar-refractivity contribution in [1.29, 1.82) is 0 Å². The number of ether oxygens (including phenoxy) is 1. The zero-order valence-corrected chi connectivity index (χ0v) is 12.6. The van der Waals surface area contributed by atoms with Gasteiger partial charge in [0.1, 0.15) is 6.17 Å². The molecule has 4 atom stereocenters. The predicted octanol–water partition coefficient (Wildman–Crippen LogP) is 5.28.